The van der Waals surface area contributed by atoms with Crippen LogP contribution in [0.4, 0.5) is 10.1 Å². The van der Waals surface area contributed by atoms with Crippen LogP contribution in [0.1, 0.15) is 10.4 Å². The van der Waals surface area contributed by atoms with E-state index in [1.54, 1.807) is 17.8 Å². The van der Waals surface area contributed by atoms with Crippen LogP contribution in [0.15, 0.2) is 18.2 Å². The third-order valence-corrected chi connectivity index (χ3v) is 2.46. The van der Waals surface area contributed by atoms with Gasteiger partial charge in [-0.15, -0.1) is 0 Å². The fourth-order valence-electron chi connectivity index (χ4n) is 1.18. The Morgan fingerprint density at radius 2 is 2.33 bits per heavy atom. The van der Waals surface area contributed by atoms with Crippen molar-refractivity contribution >= 4 is 23.4 Å². The molecular formula is C10H12FNO2S. The molecule has 0 aliphatic carbocycles. The molecule has 0 saturated carbocycles. The summed E-state index contributed by atoms with van der Waals surface area (Å²) in [6, 6.07) is 4.19. The molecule has 1 rings (SSSR count). The number of hydrogen-bond donors (Lipinski definition) is 2. The highest BCUT2D eigenvalue weighted by Crippen LogP contribution is 2.18. The summed E-state index contributed by atoms with van der Waals surface area (Å²) < 4.78 is 13.2. The number of hydrogen-bond acceptors (Lipinski definition) is 3. The molecule has 0 fully saturated rings. The van der Waals surface area contributed by atoms with Gasteiger partial charge in [0.05, 0.1) is 5.69 Å². The Kier molecular flexibility index (Phi) is 4.42. The van der Waals surface area contributed by atoms with Gasteiger partial charge in [-0.2, -0.15) is 11.8 Å². The number of benzene rings is 1. The Labute approximate surface area is 91.7 Å². The van der Waals surface area contributed by atoms with Crippen LogP contribution in [0.2, 0.25) is 0 Å². The molecule has 0 saturated heterocycles. The number of rotatable bonds is 5. The van der Waals surface area contributed by atoms with E-state index in [1.165, 1.54) is 6.07 Å². The van der Waals surface area contributed by atoms with Crippen LogP contribution < -0.4 is 5.32 Å². The van der Waals surface area contributed by atoms with Crippen LogP contribution in [-0.2, 0) is 0 Å². The maximum absolute atomic E-state index is 13.2. The molecule has 5 heteroatoms. The maximum atomic E-state index is 13.2. The van der Waals surface area contributed by atoms with Gasteiger partial charge >= 0.3 is 5.97 Å². The summed E-state index contributed by atoms with van der Waals surface area (Å²) in [5, 5.41) is 11.7. The Hall–Kier alpha value is -1.23. The minimum absolute atomic E-state index is 0.293. The van der Waals surface area contributed by atoms with Crippen LogP contribution in [0.3, 0.4) is 0 Å². The molecule has 0 spiro atoms. The quantitative estimate of drug-likeness (QED) is 0.761. The summed E-state index contributed by atoms with van der Waals surface area (Å²) in [6.45, 7) is 0.616. The lowest BCUT2D eigenvalue weighted by atomic mass is 10.1. The second kappa shape index (κ2) is 5.60. The molecule has 15 heavy (non-hydrogen) atoms. The lowest BCUT2D eigenvalue weighted by Gasteiger charge is -2.09. The lowest BCUT2D eigenvalue weighted by Crippen LogP contribution is -2.10. The van der Waals surface area contributed by atoms with Gasteiger partial charge in [0.2, 0.25) is 0 Å². The molecule has 0 bridgehead atoms. The SMILES string of the molecule is CSCCNc1cccc(F)c1C(=O)O. The molecule has 0 amide bonds. The van der Waals surface area contributed by atoms with Gasteiger partial charge in [-0.3, -0.25) is 0 Å². The van der Waals surface area contributed by atoms with Crippen LogP contribution in [0, 0.1) is 5.82 Å². The standard InChI is InChI=1S/C10H12FNO2S/c1-15-6-5-12-8-4-2-3-7(11)9(8)10(13)14/h2-4,12H,5-6H2,1H3,(H,13,14). The van der Waals surface area contributed by atoms with E-state index in [-0.39, 0.29) is 5.56 Å². The number of carboxylic acid groups (broad SMARTS) is 1. The van der Waals surface area contributed by atoms with Gasteiger partial charge in [0.25, 0.3) is 0 Å². The molecule has 0 aromatic heterocycles. The van der Waals surface area contributed by atoms with Gasteiger partial charge in [0.15, 0.2) is 0 Å². The smallest absolute Gasteiger partial charge is 0.340 e. The van der Waals surface area contributed by atoms with E-state index in [1.807, 2.05) is 6.26 Å². The number of nitrogens with one attached hydrogen (secondary N) is 1. The zero-order valence-electron chi connectivity index (χ0n) is 8.29. The van der Waals surface area contributed by atoms with Crippen molar-refractivity contribution in [3.63, 3.8) is 0 Å². The normalized spacial score (nSPS) is 10.0. The Bertz CT molecular complexity index is 357. The molecule has 2 N–H and O–H groups in total. The average Bonchev–Trinajstić information content (AvgIpc) is 2.17. The van der Waals surface area contributed by atoms with Gasteiger partial charge in [-0.25, -0.2) is 9.18 Å². The number of thioether (sulfide) groups is 1. The summed E-state index contributed by atoms with van der Waals surface area (Å²) in [5.41, 5.74) is 0.0372. The summed E-state index contributed by atoms with van der Waals surface area (Å²) in [4.78, 5) is 10.8. The Morgan fingerprint density at radius 3 is 2.93 bits per heavy atom. The molecule has 0 aliphatic heterocycles. The van der Waals surface area contributed by atoms with Crippen LogP contribution in [0.5, 0.6) is 0 Å². The van der Waals surface area contributed by atoms with Crippen molar-refractivity contribution in [2.24, 2.45) is 0 Å². The van der Waals surface area contributed by atoms with Crippen LogP contribution in [0.25, 0.3) is 0 Å². The van der Waals surface area contributed by atoms with E-state index >= 15 is 0 Å². The van der Waals surface area contributed by atoms with Crippen molar-refractivity contribution < 1.29 is 14.3 Å². The molecule has 3 nitrogen and oxygen atoms in total. The first kappa shape index (κ1) is 11.8. The fraction of sp³-hybridized carbons (Fsp3) is 0.300. The van der Waals surface area contributed by atoms with E-state index in [9.17, 15) is 9.18 Å². The molecule has 0 unspecified atom stereocenters. The second-order valence-corrected chi connectivity index (χ2v) is 3.87. The van der Waals surface area contributed by atoms with Gasteiger partial charge in [0.1, 0.15) is 11.4 Å². The zero-order chi connectivity index (χ0) is 11.3. The molecule has 1 aromatic rings. The van der Waals surface area contributed by atoms with Crippen LogP contribution in [-0.4, -0.2) is 29.6 Å². The van der Waals surface area contributed by atoms with Crippen molar-refractivity contribution in [1.29, 1.82) is 0 Å². The van der Waals surface area contributed by atoms with E-state index in [4.69, 9.17) is 5.11 Å². The Balaban J connectivity index is 2.86. The first-order valence-corrected chi connectivity index (χ1v) is 5.81. The number of carboxylic acids is 1. The number of aromatic carboxylic acids is 1. The summed E-state index contributed by atoms with van der Waals surface area (Å²) in [7, 11) is 0. The summed E-state index contributed by atoms with van der Waals surface area (Å²) >= 11 is 1.64. The zero-order valence-corrected chi connectivity index (χ0v) is 9.10. The predicted octanol–water partition coefficient (Wildman–Crippen LogP) is 2.30. The topological polar surface area (TPSA) is 49.3 Å². The molecule has 0 radical (unpaired) electrons. The summed E-state index contributed by atoms with van der Waals surface area (Å²) in [5.74, 6) is -1.12. The third kappa shape index (κ3) is 3.13. The summed E-state index contributed by atoms with van der Waals surface area (Å²) in [6.07, 6.45) is 1.95. The molecule has 82 valence electrons. The molecule has 1 aromatic carbocycles. The minimum Gasteiger partial charge on any atom is -0.478 e. The van der Waals surface area contributed by atoms with Crippen molar-refractivity contribution in [3.8, 4) is 0 Å². The average molecular weight is 229 g/mol. The van der Waals surface area contributed by atoms with E-state index in [2.05, 4.69) is 5.32 Å². The first-order chi connectivity index (χ1) is 7.16. The van der Waals surface area contributed by atoms with Gasteiger partial charge < -0.3 is 10.4 Å². The molecular weight excluding hydrogens is 217 g/mol. The first-order valence-electron chi connectivity index (χ1n) is 4.41. The molecule has 0 atom stereocenters. The fourth-order valence-corrected chi connectivity index (χ4v) is 1.48. The lowest BCUT2D eigenvalue weighted by molar-refractivity contribution is 0.0693. The largest absolute Gasteiger partial charge is 0.478 e. The van der Waals surface area contributed by atoms with Crippen molar-refractivity contribution in [1.82, 2.24) is 0 Å². The van der Waals surface area contributed by atoms with E-state index in [0.717, 1.165) is 11.8 Å². The van der Waals surface area contributed by atoms with Gasteiger partial charge in [-0.1, -0.05) is 6.07 Å². The van der Waals surface area contributed by atoms with Crippen molar-refractivity contribution in [2.75, 3.05) is 23.9 Å². The number of anilines is 1. The monoisotopic (exact) mass is 229 g/mol. The predicted molar refractivity (Wildman–Crippen MR) is 60.2 cm³/mol. The Morgan fingerprint density at radius 1 is 1.60 bits per heavy atom. The van der Waals surface area contributed by atoms with Crippen molar-refractivity contribution in [3.05, 3.63) is 29.6 Å². The molecule has 0 aliphatic rings. The maximum Gasteiger partial charge on any atom is 0.340 e. The van der Waals surface area contributed by atoms with Gasteiger partial charge in [-0.05, 0) is 18.4 Å². The van der Waals surface area contributed by atoms with E-state index < -0.39 is 11.8 Å². The minimum atomic E-state index is -1.25. The van der Waals surface area contributed by atoms with E-state index in [0.29, 0.717) is 12.2 Å². The highest BCUT2D eigenvalue weighted by Gasteiger charge is 2.14. The molecule has 0 heterocycles. The highest BCUT2D eigenvalue weighted by atomic mass is 32.2. The number of carbonyl (C=O) groups is 1. The van der Waals surface area contributed by atoms with Crippen LogP contribution >= 0.6 is 11.8 Å². The second-order valence-electron chi connectivity index (χ2n) is 2.89. The van der Waals surface area contributed by atoms with Gasteiger partial charge in [0, 0.05) is 12.3 Å². The number of halogens is 1. The third-order valence-electron chi connectivity index (χ3n) is 1.85. The van der Waals surface area contributed by atoms with Crippen molar-refractivity contribution in [2.45, 2.75) is 0 Å². The highest BCUT2D eigenvalue weighted by molar-refractivity contribution is 7.98.